The highest BCUT2D eigenvalue weighted by atomic mass is 79.9. The summed E-state index contributed by atoms with van der Waals surface area (Å²) in [5.74, 6) is 0.0780. The molecule has 0 amide bonds. The van der Waals surface area contributed by atoms with E-state index in [-0.39, 0.29) is 11.7 Å². The number of anilines is 1. The Morgan fingerprint density at radius 1 is 1.17 bits per heavy atom. The highest BCUT2D eigenvalue weighted by Gasteiger charge is 2.26. The third kappa shape index (κ3) is 3.02. The molecule has 3 unspecified atom stereocenters. The summed E-state index contributed by atoms with van der Waals surface area (Å²) < 4.78 is 27.9. The van der Waals surface area contributed by atoms with Gasteiger partial charge in [0.05, 0.1) is 0 Å². The average Bonchev–Trinajstić information content (AvgIpc) is 2.25. The lowest BCUT2D eigenvalue weighted by molar-refractivity contribution is 0.275. The fraction of sp³-hybridized carbons (Fsp3) is 0.571. The van der Waals surface area contributed by atoms with E-state index in [2.05, 4.69) is 35.1 Å². The van der Waals surface area contributed by atoms with Crippen LogP contribution in [0.1, 0.15) is 33.1 Å². The van der Waals surface area contributed by atoms with Crippen molar-refractivity contribution in [3.8, 4) is 0 Å². The van der Waals surface area contributed by atoms with Gasteiger partial charge >= 0.3 is 0 Å². The molecule has 1 fully saturated rings. The molecule has 0 aliphatic heterocycles. The van der Waals surface area contributed by atoms with Gasteiger partial charge in [-0.2, -0.15) is 0 Å². The number of halogens is 3. The molecule has 1 saturated carbocycles. The summed E-state index contributed by atoms with van der Waals surface area (Å²) in [7, 11) is 0. The number of hydrogen-bond acceptors (Lipinski definition) is 1. The maximum Gasteiger partial charge on any atom is 0.150 e. The molecule has 0 saturated heterocycles. The molecule has 1 aliphatic carbocycles. The molecule has 1 aromatic carbocycles. The van der Waals surface area contributed by atoms with Gasteiger partial charge < -0.3 is 5.32 Å². The molecule has 2 rings (SSSR count). The molecule has 3 atom stereocenters. The van der Waals surface area contributed by atoms with E-state index in [4.69, 9.17) is 0 Å². The first kappa shape index (κ1) is 13.8. The quantitative estimate of drug-likeness (QED) is 0.812. The Balaban J connectivity index is 2.14. The molecule has 1 aliphatic rings. The van der Waals surface area contributed by atoms with Gasteiger partial charge in [0.1, 0.15) is 17.3 Å². The number of hydrogen-bond donors (Lipinski definition) is 1. The van der Waals surface area contributed by atoms with Crippen molar-refractivity contribution >= 4 is 21.6 Å². The molecular weight excluding hydrogens is 300 g/mol. The van der Waals surface area contributed by atoms with Crippen molar-refractivity contribution in [3.63, 3.8) is 0 Å². The normalized spacial score (nSPS) is 28.2. The molecule has 0 heterocycles. The second-order valence-corrected chi connectivity index (χ2v) is 6.31. The van der Waals surface area contributed by atoms with Crippen LogP contribution in [-0.4, -0.2) is 6.04 Å². The molecule has 0 radical (unpaired) electrons. The molecular formula is C14H18BrF2N. The Morgan fingerprint density at radius 3 is 2.33 bits per heavy atom. The van der Waals surface area contributed by atoms with Crippen LogP contribution in [0.25, 0.3) is 0 Å². The van der Waals surface area contributed by atoms with E-state index in [9.17, 15) is 8.78 Å². The van der Waals surface area contributed by atoms with Gasteiger partial charge in [0.25, 0.3) is 0 Å². The Bertz CT molecular complexity index is 413. The summed E-state index contributed by atoms with van der Waals surface area (Å²) in [5.41, 5.74) is 0.00426. The maximum absolute atomic E-state index is 13.7. The van der Waals surface area contributed by atoms with E-state index in [0.717, 1.165) is 19.3 Å². The lowest BCUT2D eigenvalue weighted by atomic mass is 9.80. The topological polar surface area (TPSA) is 12.0 Å². The number of benzene rings is 1. The van der Waals surface area contributed by atoms with Gasteiger partial charge in [0.15, 0.2) is 0 Å². The van der Waals surface area contributed by atoms with Crippen molar-refractivity contribution in [2.24, 2.45) is 11.8 Å². The van der Waals surface area contributed by atoms with E-state index in [1.165, 1.54) is 12.1 Å². The van der Waals surface area contributed by atoms with E-state index in [1.54, 1.807) is 0 Å². The monoisotopic (exact) mass is 317 g/mol. The van der Waals surface area contributed by atoms with Crippen LogP contribution in [0.4, 0.5) is 14.5 Å². The maximum atomic E-state index is 13.7. The third-order valence-electron chi connectivity index (χ3n) is 3.77. The Morgan fingerprint density at radius 2 is 1.78 bits per heavy atom. The highest BCUT2D eigenvalue weighted by molar-refractivity contribution is 9.10. The fourth-order valence-corrected chi connectivity index (χ4v) is 3.15. The molecule has 1 aromatic rings. The van der Waals surface area contributed by atoms with Gasteiger partial charge in [-0.3, -0.25) is 0 Å². The summed E-state index contributed by atoms with van der Waals surface area (Å²) in [6.07, 6.45) is 3.19. The SMILES string of the molecule is CC1CCC(Nc2c(F)cc(Br)cc2F)C(C)C1. The lowest BCUT2D eigenvalue weighted by Gasteiger charge is -2.34. The van der Waals surface area contributed by atoms with Crippen molar-refractivity contribution in [1.82, 2.24) is 0 Å². The largest absolute Gasteiger partial charge is 0.377 e. The molecule has 4 heteroatoms. The molecule has 100 valence electrons. The smallest absolute Gasteiger partial charge is 0.150 e. The highest BCUT2D eigenvalue weighted by Crippen LogP contribution is 2.32. The molecule has 0 bridgehead atoms. The minimum atomic E-state index is -0.535. The predicted octanol–water partition coefficient (Wildman–Crippen LogP) is 4.96. The summed E-state index contributed by atoms with van der Waals surface area (Å²) in [4.78, 5) is 0. The van der Waals surface area contributed by atoms with Crippen LogP contribution in [0.3, 0.4) is 0 Å². The van der Waals surface area contributed by atoms with E-state index in [0.29, 0.717) is 16.3 Å². The number of rotatable bonds is 2. The van der Waals surface area contributed by atoms with Crippen LogP contribution in [0, 0.1) is 23.5 Å². The lowest BCUT2D eigenvalue weighted by Crippen LogP contribution is -2.33. The molecule has 1 nitrogen and oxygen atoms in total. The van der Waals surface area contributed by atoms with Crippen LogP contribution in [-0.2, 0) is 0 Å². The van der Waals surface area contributed by atoms with Crippen LogP contribution < -0.4 is 5.32 Å². The van der Waals surface area contributed by atoms with E-state index < -0.39 is 11.6 Å². The van der Waals surface area contributed by atoms with Gasteiger partial charge in [0, 0.05) is 10.5 Å². The standard InChI is InChI=1S/C14H18BrF2N/c1-8-3-4-13(9(2)5-8)18-14-11(16)6-10(15)7-12(14)17/h6-9,13,18H,3-5H2,1-2H3. The van der Waals surface area contributed by atoms with Crippen molar-refractivity contribution in [2.75, 3.05) is 5.32 Å². The minimum Gasteiger partial charge on any atom is -0.377 e. The first-order valence-corrected chi connectivity index (χ1v) is 7.17. The molecule has 0 aromatic heterocycles. The summed E-state index contributed by atoms with van der Waals surface area (Å²) >= 11 is 3.08. The van der Waals surface area contributed by atoms with Crippen molar-refractivity contribution in [2.45, 2.75) is 39.2 Å². The first-order valence-electron chi connectivity index (χ1n) is 6.38. The minimum absolute atomic E-state index is 0.00426. The van der Waals surface area contributed by atoms with Crippen LogP contribution >= 0.6 is 15.9 Å². The fourth-order valence-electron chi connectivity index (χ4n) is 2.75. The van der Waals surface area contributed by atoms with Gasteiger partial charge in [-0.25, -0.2) is 8.78 Å². The Kier molecular flexibility index (Phi) is 4.25. The van der Waals surface area contributed by atoms with Crippen molar-refractivity contribution in [1.29, 1.82) is 0 Å². The zero-order valence-corrected chi connectivity index (χ0v) is 12.2. The summed E-state index contributed by atoms with van der Waals surface area (Å²) in [6, 6.07) is 2.75. The summed E-state index contributed by atoms with van der Waals surface area (Å²) in [6.45, 7) is 4.37. The van der Waals surface area contributed by atoms with Crippen LogP contribution in [0.5, 0.6) is 0 Å². The molecule has 1 N–H and O–H groups in total. The second kappa shape index (κ2) is 5.55. The number of nitrogens with one attached hydrogen (secondary N) is 1. The van der Waals surface area contributed by atoms with Crippen molar-refractivity contribution < 1.29 is 8.78 Å². The second-order valence-electron chi connectivity index (χ2n) is 5.39. The first-order chi connectivity index (χ1) is 8.47. The zero-order valence-electron chi connectivity index (χ0n) is 10.6. The zero-order chi connectivity index (χ0) is 13.3. The predicted molar refractivity (Wildman–Crippen MR) is 73.6 cm³/mol. The molecule has 18 heavy (non-hydrogen) atoms. The van der Waals surface area contributed by atoms with Gasteiger partial charge in [-0.05, 0) is 43.2 Å². The Labute approximate surface area is 115 Å². The van der Waals surface area contributed by atoms with Gasteiger partial charge in [0.2, 0.25) is 0 Å². The van der Waals surface area contributed by atoms with Gasteiger partial charge in [-0.15, -0.1) is 0 Å². The third-order valence-corrected chi connectivity index (χ3v) is 4.23. The van der Waals surface area contributed by atoms with E-state index in [1.807, 2.05) is 0 Å². The summed E-state index contributed by atoms with van der Waals surface area (Å²) in [5, 5.41) is 3.04. The molecule has 0 spiro atoms. The van der Waals surface area contributed by atoms with Gasteiger partial charge in [-0.1, -0.05) is 29.8 Å². The van der Waals surface area contributed by atoms with Crippen LogP contribution in [0.15, 0.2) is 16.6 Å². The van der Waals surface area contributed by atoms with E-state index >= 15 is 0 Å². The van der Waals surface area contributed by atoms with Crippen LogP contribution in [0.2, 0.25) is 0 Å². The average molecular weight is 318 g/mol. The Hall–Kier alpha value is -0.640. The van der Waals surface area contributed by atoms with Crippen molar-refractivity contribution in [3.05, 3.63) is 28.2 Å².